The quantitative estimate of drug-likeness (QED) is 0.449. The summed E-state index contributed by atoms with van der Waals surface area (Å²) in [4.78, 5) is 21.5. The van der Waals surface area contributed by atoms with Crippen molar-refractivity contribution in [3.05, 3.63) is 87.5 Å². The van der Waals surface area contributed by atoms with Crippen LogP contribution < -0.4 is 5.56 Å². The van der Waals surface area contributed by atoms with Crippen LogP contribution in [0.4, 0.5) is 0 Å². The average Bonchev–Trinajstić information content (AvgIpc) is 3.59. The van der Waals surface area contributed by atoms with Crippen molar-refractivity contribution >= 4 is 10.9 Å². The Balaban J connectivity index is 1.35. The highest BCUT2D eigenvalue weighted by atomic mass is 16.1. The monoisotopic (exact) mass is 483 g/mol. The van der Waals surface area contributed by atoms with E-state index < -0.39 is 0 Å². The highest BCUT2D eigenvalue weighted by Gasteiger charge is 2.34. The number of hydrogen-bond acceptors (Lipinski definition) is 6. The van der Waals surface area contributed by atoms with Crippen LogP contribution in [0.1, 0.15) is 60.3 Å². The molecule has 1 saturated heterocycles. The summed E-state index contributed by atoms with van der Waals surface area (Å²) in [5.41, 5.74) is 4.01. The zero-order chi connectivity index (χ0) is 24.5. The Morgan fingerprint density at radius 1 is 1.00 bits per heavy atom. The van der Waals surface area contributed by atoms with Gasteiger partial charge in [0.15, 0.2) is 5.82 Å². The molecular formula is C28H33N7O. The van der Waals surface area contributed by atoms with Gasteiger partial charge in [0.2, 0.25) is 0 Å². The van der Waals surface area contributed by atoms with Gasteiger partial charge in [-0.3, -0.25) is 14.6 Å². The van der Waals surface area contributed by atoms with E-state index in [0.29, 0.717) is 6.04 Å². The summed E-state index contributed by atoms with van der Waals surface area (Å²) in [7, 11) is 0. The third kappa shape index (κ3) is 4.58. The first-order chi connectivity index (χ1) is 17.7. The molecule has 1 N–H and O–H groups in total. The maximum absolute atomic E-state index is 13.5. The van der Waals surface area contributed by atoms with Crippen LogP contribution in [0.5, 0.6) is 0 Å². The van der Waals surface area contributed by atoms with Gasteiger partial charge in [0.25, 0.3) is 5.56 Å². The van der Waals surface area contributed by atoms with Gasteiger partial charge < -0.3 is 4.98 Å². The lowest BCUT2D eigenvalue weighted by molar-refractivity contribution is 0.0989. The SMILES string of the molecule is Cc1ccc2[nH]c(=O)c([C@H](c3nnnn3C3CCCC3)N3CCN(Cc4ccccc4)CC3)cc2c1. The van der Waals surface area contributed by atoms with Gasteiger partial charge in [-0.1, -0.05) is 54.8 Å². The lowest BCUT2D eigenvalue weighted by atomic mass is 10.0. The predicted molar refractivity (Wildman–Crippen MR) is 140 cm³/mol. The van der Waals surface area contributed by atoms with Crippen molar-refractivity contribution in [2.24, 2.45) is 0 Å². The largest absolute Gasteiger partial charge is 0.322 e. The Bertz CT molecular complexity index is 1380. The molecule has 186 valence electrons. The third-order valence-electron chi connectivity index (χ3n) is 7.78. The highest BCUT2D eigenvalue weighted by Crippen LogP contribution is 2.34. The van der Waals surface area contributed by atoms with Crippen molar-refractivity contribution in [2.75, 3.05) is 26.2 Å². The molecule has 0 bridgehead atoms. The molecular weight excluding hydrogens is 450 g/mol. The molecule has 2 fully saturated rings. The second kappa shape index (κ2) is 9.95. The number of hydrogen-bond donors (Lipinski definition) is 1. The minimum Gasteiger partial charge on any atom is -0.322 e. The number of benzene rings is 2. The molecule has 1 atom stereocenters. The zero-order valence-corrected chi connectivity index (χ0v) is 20.8. The van der Waals surface area contributed by atoms with Crippen LogP contribution in [0.15, 0.2) is 59.4 Å². The molecule has 0 unspecified atom stereocenters. The number of tetrazole rings is 1. The van der Waals surface area contributed by atoms with E-state index in [4.69, 9.17) is 0 Å². The maximum atomic E-state index is 13.5. The van der Waals surface area contributed by atoms with E-state index in [1.807, 2.05) is 16.8 Å². The summed E-state index contributed by atoms with van der Waals surface area (Å²) in [5, 5.41) is 14.1. The molecule has 36 heavy (non-hydrogen) atoms. The second-order valence-corrected chi connectivity index (χ2v) is 10.3. The minimum absolute atomic E-state index is 0.0657. The van der Waals surface area contributed by atoms with E-state index in [2.05, 4.69) is 79.7 Å². The summed E-state index contributed by atoms with van der Waals surface area (Å²) in [6, 6.07) is 18.8. The number of H-pyrrole nitrogens is 1. The van der Waals surface area contributed by atoms with Crippen molar-refractivity contribution in [2.45, 2.75) is 51.2 Å². The number of nitrogens with zero attached hydrogens (tertiary/aromatic N) is 6. The summed E-state index contributed by atoms with van der Waals surface area (Å²) in [6.07, 6.45) is 4.57. The number of aryl methyl sites for hydroxylation is 1. The van der Waals surface area contributed by atoms with E-state index in [1.165, 1.54) is 24.0 Å². The Morgan fingerprint density at radius 3 is 2.56 bits per heavy atom. The summed E-state index contributed by atoms with van der Waals surface area (Å²) in [5.74, 6) is 0.788. The molecule has 8 heteroatoms. The van der Waals surface area contributed by atoms with Gasteiger partial charge >= 0.3 is 0 Å². The van der Waals surface area contributed by atoms with Crippen LogP contribution in [-0.2, 0) is 6.54 Å². The van der Waals surface area contributed by atoms with Crippen LogP contribution in [-0.4, -0.2) is 61.2 Å². The zero-order valence-electron chi connectivity index (χ0n) is 20.8. The molecule has 8 nitrogen and oxygen atoms in total. The first-order valence-electron chi connectivity index (χ1n) is 13.1. The number of aromatic amines is 1. The van der Waals surface area contributed by atoms with Gasteiger partial charge in [-0.25, -0.2) is 4.68 Å². The molecule has 0 spiro atoms. The molecule has 4 aromatic rings. The first kappa shape index (κ1) is 23.1. The molecule has 0 radical (unpaired) electrons. The number of rotatable bonds is 6. The summed E-state index contributed by atoms with van der Waals surface area (Å²) >= 11 is 0. The van der Waals surface area contributed by atoms with Crippen LogP contribution in [0.3, 0.4) is 0 Å². The molecule has 2 aliphatic rings. The Labute approximate surface area is 210 Å². The highest BCUT2D eigenvalue weighted by molar-refractivity contribution is 5.79. The van der Waals surface area contributed by atoms with E-state index in [-0.39, 0.29) is 11.6 Å². The van der Waals surface area contributed by atoms with Gasteiger partial charge in [0, 0.05) is 43.8 Å². The topological polar surface area (TPSA) is 82.9 Å². The lowest BCUT2D eigenvalue weighted by Gasteiger charge is -2.39. The molecule has 1 aliphatic heterocycles. The van der Waals surface area contributed by atoms with E-state index >= 15 is 0 Å². The first-order valence-corrected chi connectivity index (χ1v) is 13.1. The number of nitrogens with one attached hydrogen (secondary N) is 1. The van der Waals surface area contributed by atoms with Crippen molar-refractivity contribution < 1.29 is 0 Å². The van der Waals surface area contributed by atoms with Crippen molar-refractivity contribution in [3.63, 3.8) is 0 Å². The van der Waals surface area contributed by atoms with E-state index in [1.54, 1.807) is 0 Å². The summed E-state index contributed by atoms with van der Waals surface area (Å²) in [6.45, 7) is 6.58. The standard InChI is InChI=1S/C28H33N7O/c1-20-11-12-25-22(17-20)18-24(28(36)29-25)26(27-30-31-32-35(27)23-9-5-6-10-23)34-15-13-33(14-16-34)19-21-7-3-2-4-8-21/h2-4,7-8,11-12,17-18,23,26H,5-6,9-10,13-16,19H2,1H3,(H,29,36)/t26-/m1/s1. The van der Waals surface area contributed by atoms with E-state index in [9.17, 15) is 4.79 Å². The van der Waals surface area contributed by atoms with Gasteiger partial charge in [0.05, 0.1) is 6.04 Å². The number of pyridine rings is 1. The predicted octanol–water partition coefficient (Wildman–Crippen LogP) is 3.85. The van der Waals surface area contributed by atoms with Gasteiger partial charge in [0.1, 0.15) is 6.04 Å². The minimum atomic E-state index is -0.284. The molecule has 2 aromatic heterocycles. The molecule has 3 heterocycles. The molecule has 2 aromatic carbocycles. The van der Waals surface area contributed by atoms with Crippen LogP contribution in [0, 0.1) is 6.92 Å². The van der Waals surface area contributed by atoms with Crippen molar-refractivity contribution in [1.29, 1.82) is 0 Å². The van der Waals surface area contributed by atoms with Crippen LogP contribution in [0.25, 0.3) is 10.9 Å². The lowest BCUT2D eigenvalue weighted by Crippen LogP contribution is -2.48. The molecule has 0 amide bonds. The molecule has 1 aliphatic carbocycles. The van der Waals surface area contributed by atoms with Gasteiger partial charge in [-0.2, -0.15) is 0 Å². The number of aromatic nitrogens is 5. The van der Waals surface area contributed by atoms with Crippen molar-refractivity contribution in [1.82, 2.24) is 35.0 Å². The van der Waals surface area contributed by atoms with E-state index in [0.717, 1.165) is 67.9 Å². The smallest absolute Gasteiger partial charge is 0.253 e. The Morgan fingerprint density at radius 2 is 1.78 bits per heavy atom. The normalized spacial score (nSPS) is 18.7. The second-order valence-electron chi connectivity index (χ2n) is 10.3. The third-order valence-corrected chi connectivity index (χ3v) is 7.78. The number of fused-ring (bicyclic) bond motifs is 1. The van der Waals surface area contributed by atoms with Gasteiger partial charge in [-0.05, 0) is 59.3 Å². The fourth-order valence-electron chi connectivity index (χ4n) is 5.86. The van der Waals surface area contributed by atoms with Crippen LogP contribution in [0.2, 0.25) is 0 Å². The fourth-order valence-corrected chi connectivity index (χ4v) is 5.86. The van der Waals surface area contributed by atoms with Gasteiger partial charge in [-0.15, -0.1) is 5.10 Å². The van der Waals surface area contributed by atoms with Crippen LogP contribution >= 0.6 is 0 Å². The summed E-state index contributed by atoms with van der Waals surface area (Å²) < 4.78 is 2.01. The molecule has 6 rings (SSSR count). The Hall–Kier alpha value is -3.36. The average molecular weight is 484 g/mol. The Kier molecular flexibility index (Phi) is 6.37. The van der Waals surface area contributed by atoms with Crippen molar-refractivity contribution in [3.8, 4) is 0 Å². The fraction of sp³-hybridized carbons (Fsp3) is 0.429. The maximum Gasteiger partial charge on any atom is 0.253 e. The number of piperazine rings is 1. The molecule has 1 saturated carbocycles.